The second kappa shape index (κ2) is 4.58. The molecule has 18 heavy (non-hydrogen) atoms. The second-order valence-corrected chi connectivity index (χ2v) is 4.67. The van der Waals surface area contributed by atoms with Gasteiger partial charge in [0, 0.05) is 12.1 Å². The summed E-state index contributed by atoms with van der Waals surface area (Å²) in [6.07, 6.45) is 3.21. The highest BCUT2D eigenvalue weighted by Crippen LogP contribution is 2.20. The average molecular weight is 329 g/mol. The van der Waals surface area contributed by atoms with Gasteiger partial charge in [-0.2, -0.15) is 9.97 Å². The minimum absolute atomic E-state index is 0.158. The van der Waals surface area contributed by atoms with Gasteiger partial charge >= 0.3 is 0 Å². The minimum atomic E-state index is 0.158. The Balaban J connectivity index is 1.87. The number of imidazole rings is 1. The van der Waals surface area contributed by atoms with Crippen LogP contribution in [0.25, 0.3) is 11.2 Å². The fourth-order valence-electron chi connectivity index (χ4n) is 1.56. The maximum absolute atomic E-state index is 5.82. The number of aromatic amines is 1. The van der Waals surface area contributed by atoms with Crippen molar-refractivity contribution in [3.8, 4) is 0 Å². The molecular weight excluding hydrogens is 322 g/mol. The number of halogens is 2. The highest BCUT2D eigenvalue weighted by molar-refractivity contribution is 9.10. The Kier molecular flexibility index (Phi) is 2.92. The molecule has 0 bridgehead atoms. The van der Waals surface area contributed by atoms with Crippen molar-refractivity contribution in [1.82, 2.24) is 19.9 Å². The highest BCUT2D eigenvalue weighted by Gasteiger charge is 2.09. The summed E-state index contributed by atoms with van der Waals surface area (Å²) in [4.78, 5) is 15.1. The van der Waals surface area contributed by atoms with Crippen molar-refractivity contribution in [2.45, 2.75) is 6.54 Å². The third-order valence-electron chi connectivity index (χ3n) is 2.34. The van der Waals surface area contributed by atoms with Crippen LogP contribution in [0, 0.1) is 0 Å². The van der Waals surface area contributed by atoms with E-state index in [1.54, 1.807) is 12.6 Å². The zero-order chi connectivity index (χ0) is 12.5. The molecule has 0 amide bonds. The Hall–Kier alpha value is -1.60. The van der Waals surface area contributed by atoms with Crippen LogP contribution in [-0.2, 0) is 6.54 Å². The summed E-state index contributed by atoms with van der Waals surface area (Å²) >= 11 is 9.07. The first kappa shape index (κ1) is 11.5. The van der Waals surface area contributed by atoms with Gasteiger partial charge in [0.15, 0.2) is 16.1 Å². The topological polar surface area (TPSA) is 79.6 Å². The van der Waals surface area contributed by atoms with E-state index in [0.717, 1.165) is 11.1 Å². The van der Waals surface area contributed by atoms with Crippen LogP contribution in [0.2, 0.25) is 5.28 Å². The summed E-state index contributed by atoms with van der Waals surface area (Å²) in [7, 11) is 0. The molecule has 3 heterocycles. The lowest BCUT2D eigenvalue weighted by Crippen LogP contribution is -2.02. The molecule has 0 aliphatic heterocycles. The third kappa shape index (κ3) is 2.19. The molecule has 92 valence electrons. The zero-order valence-electron chi connectivity index (χ0n) is 8.94. The molecule has 8 heteroatoms. The van der Waals surface area contributed by atoms with Gasteiger partial charge in [-0.1, -0.05) is 0 Å². The molecule has 0 radical (unpaired) electrons. The smallest absolute Gasteiger partial charge is 0.226 e. The summed E-state index contributed by atoms with van der Waals surface area (Å²) in [5.74, 6) is 0.611. The first-order valence-electron chi connectivity index (χ1n) is 5.06. The standard InChI is InChI=1S/C10H7BrClN5O/c11-6-1-5(3-18-6)2-13-8-7-9(15-4-14-7)17-10(12)16-8/h1,3-4H,2H2,(H2,13,14,15,16,17). The molecule has 0 atom stereocenters. The number of hydrogen-bond donors (Lipinski definition) is 2. The van der Waals surface area contributed by atoms with Gasteiger partial charge in [-0.25, -0.2) is 4.98 Å². The van der Waals surface area contributed by atoms with E-state index in [-0.39, 0.29) is 5.28 Å². The van der Waals surface area contributed by atoms with Gasteiger partial charge in [-0.15, -0.1) is 0 Å². The molecule has 2 N–H and O–H groups in total. The number of anilines is 1. The molecule has 0 aliphatic carbocycles. The van der Waals surface area contributed by atoms with Gasteiger partial charge in [0.25, 0.3) is 0 Å². The van der Waals surface area contributed by atoms with Gasteiger partial charge in [0.1, 0.15) is 5.52 Å². The van der Waals surface area contributed by atoms with Crippen LogP contribution in [0.1, 0.15) is 5.56 Å². The third-order valence-corrected chi connectivity index (χ3v) is 2.92. The van der Waals surface area contributed by atoms with Crippen molar-refractivity contribution in [2.24, 2.45) is 0 Å². The van der Waals surface area contributed by atoms with Crippen LogP contribution in [0.3, 0.4) is 0 Å². The van der Waals surface area contributed by atoms with Gasteiger partial charge < -0.3 is 14.7 Å². The quantitative estimate of drug-likeness (QED) is 0.723. The van der Waals surface area contributed by atoms with E-state index in [4.69, 9.17) is 16.0 Å². The molecule has 3 aromatic rings. The first-order chi connectivity index (χ1) is 8.72. The van der Waals surface area contributed by atoms with E-state index in [0.29, 0.717) is 22.7 Å². The van der Waals surface area contributed by atoms with Gasteiger partial charge in [-0.3, -0.25) is 0 Å². The highest BCUT2D eigenvalue weighted by atomic mass is 79.9. The second-order valence-electron chi connectivity index (χ2n) is 3.56. The maximum atomic E-state index is 5.82. The van der Waals surface area contributed by atoms with Gasteiger partial charge in [0.05, 0.1) is 12.6 Å². The van der Waals surface area contributed by atoms with Gasteiger partial charge in [0.2, 0.25) is 5.28 Å². The van der Waals surface area contributed by atoms with E-state index < -0.39 is 0 Å². The molecule has 0 saturated carbocycles. The summed E-state index contributed by atoms with van der Waals surface area (Å²) in [6, 6.07) is 1.87. The predicted molar refractivity (Wildman–Crippen MR) is 70.4 cm³/mol. The summed E-state index contributed by atoms with van der Waals surface area (Å²) in [5, 5.41) is 3.31. The number of aromatic nitrogens is 4. The van der Waals surface area contributed by atoms with Crippen LogP contribution in [0.4, 0.5) is 5.82 Å². The minimum Gasteiger partial charge on any atom is -0.457 e. The van der Waals surface area contributed by atoms with E-state index in [9.17, 15) is 0 Å². The lowest BCUT2D eigenvalue weighted by molar-refractivity contribution is 0.539. The lowest BCUT2D eigenvalue weighted by atomic mass is 10.3. The molecule has 0 aromatic carbocycles. The Labute approximate surface area is 115 Å². The Bertz CT molecular complexity index is 694. The summed E-state index contributed by atoms with van der Waals surface area (Å²) < 4.78 is 5.83. The molecule has 3 aromatic heterocycles. The first-order valence-corrected chi connectivity index (χ1v) is 6.23. The lowest BCUT2D eigenvalue weighted by Gasteiger charge is -2.04. The summed E-state index contributed by atoms with van der Waals surface area (Å²) in [5.41, 5.74) is 2.25. The Morgan fingerprint density at radius 3 is 3.11 bits per heavy atom. The van der Waals surface area contributed by atoms with Crippen LogP contribution < -0.4 is 5.32 Å². The average Bonchev–Trinajstić information content (AvgIpc) is 2.94. The molecular formula is C10H7BrClN5O. The number of hydrogen-bond acceptors (Lipinski definition) is 5. The number of furan rings is 1. The molecule has 0 saturated heterocycles. The van der Waals surface area contributed by atoms with Crippen molar-refractivity contribution in [2.75, 3.05) is 5.32 Å². The van der Waals surface area contributed by atoms with E-state index in [1.807, 2.05) is 6.07 Å². The van der Waals surface area contributed by atoms with E-state index in [2.05, 4.69) is 41.2 Å². The van der Waals surface area contributed by atoms with Crippen molar-refractivity contribution in [3.63, 3.8) is 0 Å². The number of nitrogens with one attached hydrogen (secondary N) is 2. The fraction of sp³-hybridized carbons (Fsp3) is 0.100. The number of H-pyrrole nitrogens is 1. The van der Waals surface area contributed by atoms with Crippen molar-refractivity contribution >= 4 is 44.5 Å². The monoisotopic (exact) mass is 327 g/mol. The van der Waals surface area contributed by atoms with Crippen LogP contribution in [0.5, 0.6) is 0 Å². The van der Waals surface area contributed by atoms with Crippen LogP contribution in [-0.4, -0.2) is 19.9 Å². The molecule has 0 aliphatic rings. The maximum Gasteiger partial charge on any atom is 0.226 e. The van der Waals surface area contributed by atoms with E-state index in [1.165, 1.54) is 0 Å². The van der Waals surface area contributed by atoms with Crippen LogP contribution >= 0.6 is 27.5 Å². The SMILES string of the molecule is Clc1nc(NCc2coc(Br)c2)c2[nH]cnc2n1. The van der Waals surface area contributed by atoms with Crippen molar-refractivity contribution < 1.29 is 4.42 Å². The zero-order valence-corrected chi connectivity index (χ0v) is 11.3. The Morgan fingerprint density at radius 2 is 2.33 bits per heavy atom. The Morgan fingerprint density at radius 1 is 1.44 bits per heavy atom. The molecule has 3 rings (SSSR count). The molecule has 6 nitrogen and oxygen atoms in total. The largest absolute Gasteiger partial charge is 0.457 e. The number of fused-ring (bicyclic) bond motifs is 1. The molecule has 0 fully saturated rings. The number of rotatable bonds is 3. The number of nitrogens with zero attached hydrogens (tertiary/aromatic N) is 3. The van der Waals surface area contributed by atoms with E-state index >= 15 is 0 Å². The van der Waals surface area contributed by atoms with Gasteiger partial charge in [-0.05, 0) is 33.6 Å². The molecule has 0 spiro atoms. The normalized spacial score (nSPS) is 11.0. The summed E-state index contributed by atoms with van der Waals surface area (Å²) in [6.45, 7) is 0.566. The van der Waals surface area contributed by atoms with Crippen LogP contribution in [0.15, 0.2) is 27.7 Å². The van der Waals surface area contributed by atoms with Crippen molar-refractivity contribution in [3.05, 3.63) is 34.2 Å². The molecule has 0 unspecified atom stereocenters. The fourth-order valence-corrected chi connectivity index (χ4v) is 2.11. The predicted octanol–water partition coefficient (Wildman–Crippen LogP) is 2.97. The van der Waals surface area contributed by atoms with Crippen molar-refractivity contribution in [1.29, 1.82) is 0 Å².